The number of nitrogens with one attached hydrogen (secondary N) is 1. The number of carbonyl (C=O) groups is 1. The van der Waals surface area contributed by atoms with Crippen molar-refractivity contribution in [3.63, 3.8) is 0 Å². The lowest BCUT2D eigenvalue weighted by Crippen LogP contribution is -2.22. The van der Waals surface area contributed by atoms with E-state index in [1.54, 1.807) is 12.1 Å². The van der Waals surface area contributed by atoms with Gasteiger partial charge in [-0.1, -0.05) is 23.8 Å². The molecule has 1 unspecified atom stereocenters. The summed E-state index contributed by atoms with van der Waals surface area (Å²) < 4.78 is 0. The van der Waals surface area contributed by atoms with E-state index in [4.69, 9.17) is 0 Å². The van der Waals surface area contributed by atoms with E-state index in [-0.39, 0.29) is 16.8 Å². The zero-order valence-corrected chi connectivity index (χ0v) is 14.0. The Morgan fingerprint density at radius 1 is 1.22 bits per heavy atom. The second kappa shape index (κ2) is 7.28. The van der Waals surface area contributed by atoms with Crippen LogP contribution < -0.4 is 5.32 Å². The monoisotopic (exact) mass is 330 g/mol. The van der Waals surface area contributed by atoms with Crippen molar-refractivity contribution < 1.29 is 9.72 Å². The molecule has 0 heterocycles. The topological polar surface area (TPSA) is 72.2 Å². The Morgan fingerprint density at radius 3 is 2.65 bits per heavy atom. The molecule has 0 saturated carbocycles. The first-order chi connectivity index (χ1) is 10.9. The van der Waals surface area contributed by atoms with E-state index in [1.165, 1.54) is 23.9 Å². The number of carbonyl (C=O) groups excluding carboxylic acids is 1. The normalized spacial score (nSPS) is 11.8. The molecular weight excluding hydrogens is 312 g/mol. The summed E-state index contributed by atoms with van der Waals surface area (Å²) in [6.07, 6.45) is 0. The molecule has 23 heavy (non-hydrogen) atoms. The van der Waals surface area contributed by atoms with E-state index in [9.17, 15) is 14.9 Å². The Hall–Kier alpha value is -2.34. The molecule has 0 aliphatic heterocycles. The zero-order valence-electron chi connectivity index (χ0n) is 13.2. The molecule has 1 N–H and O–H groups in total. The van der Waals surface area contributed by atoms with Gasteiger partial charge in [-0.25, -0.2) is 0 Å². The van der Waals surface area contributed by atoms with Crippen LogP contribution in [0.15, 0.2) is 47.4 Å². The number of aryl methyl sites for hydroxylation is 2. The standard InChI is InChI=1S/C17H18N2O3S/c1-11-7-8-12(2)16(9-11)23-13(3)17(20)18-14-5-4-6-15(10-14)19(21)22/h4-10,13H,1-3H3,(H,18,20). The fourth-order valence-electron chi connectivity index (χ4n) is 2.02. The van der Waals surface area contributed by atoms with Crippen LogP contribution in [0.1, 0.15) is 18.1 Å². The summed E-state index contributed by atoms with van der Waals surface area (Å²) in [6.45, 7) is 5.84. The molecule has 5 nitrogen and oxygen atoms in total. The summed E-state index contributed by atoms with van der Waals surface area (Å²) in [5.74, 6) is -0.184. The second-order valence-corrected chi connectivity index (χ2v) is 6.71. The lowest BCUT2D eigenvalue weighted by Gasteiger charge is -2.14. The van der Waals surface area contributed by atoms with E-state index in [0.29, 0.717) is 5.69 Å². The molecule has 6 heteroatoms. The summed E-state index contributed by atoms with van der Waals surface area (Å²) in [4.78, 5) is 23.6. The highest BCUT2D eigenvalue weighted by Gasteiger charge is 2.16. The number of thioether (sulfide) groups is 1. The molecule has 0 aromatic heterocycles. The molecule has 2 rings (SSSR count). The number of hydrogen-bond acceptors (Lipinski definition) is 4. The van der Waals surface area contributed by atoms with Crippen molar-refractivity contribution in [2.75, 3.05) is 5.32 Å². The maximum atomic E-state index is 12.3. The Kier molecular flexibility index (Phi) is 5.39. The summed E-state index contributed by atoms with van der Waals surface area (Å²) in [5, 5.41) is 13.2. The number of nitrogens with zero attached hydrogens (tertiary/aromatic N) is 1. The van der Waals surface area contributed by atoms with Gasteiger partial charge < -0.3 is 5.32 Å². The number of amides is 1. The van der Waals surface area contributed by atoms with Crippen LogP contribution in [0.5, 0.6) is 0 Å². The van der Waals surface area contributed by atoms with Gasteiger partial charge in [0.1, 0.15) is 0 Å². The fraction of sp³-hybridized carbons (Fsp3) is 0.235. The number of hydrogen-bond donors (Lipinski definition) is 1. The summed E-state index contributed by atoms with van der Waals surface area (Å²) in [6, 6.07) is 12.1. The number of nitro benzene ring substituents is 1. The van der Waals surface area contributed by atoms with Gasteiger partial charge in [-0.05, 0) is 38.5 Å². The average molecular weight is 330 g/mol. The van der Waals surface area contributed by atoms with E-state index in [1.807, 2.05) is 32.9 Å². The van der Waals surface area contributed by atoms with Gasteiger partial charge in [0.05, 0.1) is 10.2 Å². The van der Waals surface area contributed by atoms with Gasteiger partial charge in [-0.3, -0.25) is 14.9 Å². The predicted molar refractivity (Wildman–Crippen MR) is 93.0 cm³/mol. The Labute approximate surface area is 139 Å². The van der Waals surface area contributed by atoms with Gasteiger partial charge in [-0.15, -0.1) is 11.8 Å². The Balaban J connectivity index is 2.07. The van der Waals surface area contributed by atoms with Crippen LogP contribution in [0.4, 0.5) is 11.4 Å². The summed E-state index contributed by atoms with van der Waals surface area (Å²) in [5.41, 5.74) is 2.65. The van der Waals surface area contributed by atoms with Crippen LogP contribution in [0.2, 0.25) is 0 Å². The molecule has 1 amide bonds. The third-order valence-corrected chi connectivity index (χ3v) is 4.60. The van der Waals surface area contributed by atoms with Crippen LogP contribution in [0.3, 0.4) is 0 Å². The largest absolute Gasteiger partial charge is 0.325 e. The first-order valence-electron chi connectivity index (χ1n) is 7.16. The van der Waals surface area contributed by atoms with E-state index >= 15 is 0 Å². The quantitative estimate of drug-likeness (QED) is 0.503. The molecule has 0 saturated heterocycles. The summed E-state index contributed by atoms with van der Waals surface area (Å²) >= 11 is 1.48. The third-order valence-electron chi connectivity index (χ3n) is 3.34. The van der Waals surface area contributed by atoms with E-state index in [2.05, 4.69) is 11.4 Å². The molecular formula is C17H18N2O3S. The number of benzene rings is 2. The van der Waals surface area contributed by atoms with Gasteiger partial charge in [0.25, 0.3) is 5.69 Å². The molecule has 2 aromatic carbocycles. The van der Waals surface area contributed by atoms with Crippen LogP contribution in [-0.4, -0.2) is 16.1 Å². The zero-order chi connectivity index (χ0) is 17.0. The van der Waals surface area contributed by atoms with Crippen LogP contribution in [0, 0.1) is 24.0 Å². The molecule has 0 spiro atoms. The van der Waals surface area contributed by atoms with Crippen LogP contribution in [-0.2, 0) is 4.79 Å². The fourth-order valence-corrected chi connectivity index (χ4v) is 3.07. The smallest absolute Gasteiger partial charge is 0.271 e. The van der Waals surface area contributed by atoms with Crippen molar-refractivity contribution in [2.45, 2.75) is 30.9 Å². The highest BCUT2D eigenvalue weighted by Crippen LogP contribution is 2.28. The van der Waals surface area contributed by atoms with Crippen molar-refractivity contribution in [2.24, 2.45) is 0 Å². The van der Waals surface area contributed by atoms with Crippen molar-refractivity contribution >= 4 is 29.0 Å². The van der Waals surface area contributed by atoms with Gasteiger partial charge in [0.2, 0.25) is 5.91 Å². The third kappa shape index (κ3) is 4.56. The molecule has 0 aliphatic carbocycles. The van der Waals surface area contributed by atoms with Crippen molar-refractivity contribution in [1.82, 2.24) is 0 Å². The number of anilines is 1. The highest BCUT2D eigenvalue weighted by molar-refractivity contribution is 8.00. The Bertz CT molecular complexity index is 746. The first kappa shape index (κ1) is 17.0. The SMILES string of the molecule is Cc1ccc(C)c(SC(C)C(=O)Nc2cccc([N+](=O)[O-])c2)c1. The number of rotatable bonds is 5. The maximum Gasteiger partial charge on any atom is 0.271 e. The van der Waals surface area contributed by atoms with Crippen molar-refractivity contribution in [1.29, 1.82) is 0 Å². The maximum absolute atomic E-state index is 12.3. The molecule has 0 aliphatic rings. The van der Waals surface area contributed by atoms with E-state index in [0.717, 1.165) is 16.0 Å². The van der Waals surface area contributed by atoms with E-state index < -0.39 is 4.92 Å². The van der Waals surface area contributed by atoms with Crippen molar-refractivity contribution in [3.8, 4) is 0 Å². The van der Waals surface area contributed by atoms with Crippen LogP contribution in [0.25, 0.3) is 0 Å². The highest BCUT2D eigenvalue weighted by atomic mass is 32.2. The predicted octanol–water partition coefficient (Wildman–Crippen LogP) is 4.33. The minimum atomic E-state index is -0.482. The van der Waals surface area contributed by atoms with Gasteiger partial charge in [0, 0.05) is 22.7 Å². The second-order valence-electron chi connectivity index (χ2n) is 5.33. The lowest BCUT2D eigenvalue weighted by atomic mass is 10.2. The molecule has 1 atom stereocenters. The van der Waals surface area contributed by atoms with Gasteiger partial charge >= 0.3 is 0 Å². The minimum absolute atomic E-state index is 0.0439. The van der Waals surface area contributed by atoms with Crippen LogP contribution >= 0.6 is 11.8 Å². The van der Waals surface area contributed by atoms with Crippen molar-refractivity contribution in [3.05, 3.63) is 63.7 Å². The molecule has 0 radical (unpaired) electrons. The van der Waals surface area contributed by atoms with Gasteiger partial charge in [-0.2, -0.15) is 0 Å². The minimum Gasteiger partial charge on any atom is -0.325 e. The average Bonchev–Trinajstić information content (AvgIpc) is 2.51. The molecule has 2 aromatic rings. The first-order valence-corrected chi connectivity index (χ1v) is 8.04. The molecule has 0 fully saturated rings. The summed E-state index contributed by atoms with van der Waals surface area (Å²) in [7, 11) is 0. The number of nitro groups is 1. The molecule has 0 bridgehead atoms. The molecule has 120 valence electrons. The Morgan fingerprint density at radius 2 is 1.96 bits per heavy atom. The van der Waals surface area contributed by atoms with Gasteiger partial charge in [0.15, 0.2) is 0 Å². The lowest BCUT2D eigenvalue weighted by molar-refractivity contribution is -0.384. The number of non-ortho nitro benzene ring substituents is 1.